The summed E-state index contributed by atoms with van der Waals surface area (Å²) in [6.07, 6.45) is 8.84. The Bertz CT molecular complexity index is 306. The molecule has 0 spiro atoms. The second-order valence-corrected chi connectivity index (χ2v) is 5.07. The van der Waals surface area contributed by atoms with Crippen molar-refractivity contribution in [2.24, 2.45) is 13.0 Å². The first-order valence-corrected chi connectivity index (χ1v) is 6.88. The van der Waals surface area contributed by atoms with Crippen LogP contribution < -0.4 is 5.32 Å². The predicted octanol–water partition coefficient (Wildman–Crippen LogP) is 3.29. The summed E-state index contributed by atoms with van der Waals surface area (Å²) in [7, 11) is 2.08. The van der Waals surface area contributed by atoms with Gasteiger partial charge in [0, 0.05) is 19.3 Å². The summed E-state index contributed by atoms with van der Waals surface area (Å²) in [5.74, 6) is 0.768. The molecule has 0 aliphatic carbocycles. The summed E-state index contributed by atoms with van der Waals surface area (Å²) >= 11 is 0. The molecule has 1 heterocycles. The molecule has 0 aliphatic rings. The molecule has 0 aromatic carbocycles. The average molecular weight is 237 g/mol. The molecule has 0 fully saturated rings. The number of nitrogens with zero attached hydrogens (tertiary/aromatic N) is 2. The summed E-state index contributed by atoms with van der Waals surface area (Å²) in [5.41, 5.74) is 1.31. The SMILES string of the molecule is CCCNC(CC(C)CCC)c1cncn1C. The minimum absolute atomic E-state index is 0.448. The second-order valence-electron chi connectivity index (χ2n) is 5.07. The largest absolute Gasteiger partial charge is 0.336 e. The molecule has 0 bridgehead atoms. The van der Waals surface area contributed by atoms with E-state index in [1.807, 2.05) is 12.5 Å². The fourth-order valence-corrected chi connectivity index (χ4v) is 2.34. The van der Waals surface area contributed by atoms with Crippen LogP contribution in [0, 0.1) is 5.92 Å². The van der Waals surface area contributed by atoms with Gasteiger partial charge in [-0.3, -0.25) is 0 Å². The zero-order valence-corrected chi connectivity index (χ0v) is 11.7. The van der Waals surface area contributed by atoms with Gasteiger partial charge in [-0.1, -0.05) is 33.6 Å². The van der Waals surface area contributed by atoms with Crippen LogP contribution in [0.4, 0.5) is 0 Å². The first-order valence-electron chi connectivity index (χ1n) is 6.88. The highest BCUT2D eigenvalue weighted by Gasteiger charge is 2.16. The van der Waals surface area contributed by atoms with Gasteiger partial charge in [0.1, 0.15) is 0 Å². The van der Waals surface area contributed by atoms with Gasteiger partial charge in [0.2, 0.25) is 0 Å². The molecule has 0 aliphatic heterocycles. The average Bonchev–Trinajstić information content (AvgIpc) is 2.71. The molecule has 1 aromatic heterocycles. The highest BCUT2D eigenvalue weighted by Crippen LogP contribution is 2.23. The van der Waals surface area contributed by atoms with E-state index in [1.165, 1.54) is 31.4 Å². The van der Waals surface area contributed by atoms with Gasteiger partial charge < -0.3 is 9.88 Å². The van der Waals surface area contributed by atoms with Crippen LogP contribution in [0.2, 0.25) is 0 Å². The number of aryl methyl sites for hydroxylation is 1. The first kappa shape index (κ1) is 14.2. The number of rotatable bonds is 8. The molecular formula is C14H27N3. The summed E-state index contributed by atoms with van der Waals surface area (Å²) in [6, 6.07) is 0.448. The molecule has 1 aromatic rings. The van der Waals surface area contributed by atoms with Gasteiger partial charge >= 0.3 is 0 Å². The Morgan fingerprint density at radius 3 is 2.65 bits per heavy atom. The topological polar surface area (TPSA) is 29.9 Å². The van der Waals surface area contributed by atoms with Gasteiger partial charge in [-0.05, 0) is 25.3 Å². The third-order valence-corrected chi connectivity index (χ3v) is 3.27. The highest BCUT2D eigenvalue weighted by molar-refractivity contribution is 5.05. The first-order chi connectivity index (χ1) is 8.19. The Morgan fingerprint density at radius 1 is 1.35 bits per heavy atom. The van der Waals surface area contributed by atoms with E-state index in [0.717, 1.165) is 12.5 Å². The Kier molecular flexibility index (Phi) is 6.27. The van der Waals surface area contributed by atoms with Crippen molar-refractivity contribution in [3.63, 3.8) is 0 Å². The zero-order valence-electron chi connectivity index (χ0n) is 11.7. The van der Waals surface area contributed by atoms with Crippen molar-refractivity contribution in [2.75, 3.05) is 6.54 Å². The Labute approximate surface area is 106 Å². The van der Waals surface area contributed by atoms with Crippen molar-refractivity contribution >= 4 is 0 Å². The van der Waals surface area contributed by atoms with Gasteiger partial charge in [-0.25, -0.2) is 4.98 Å². The molecule has 2 unspecified atom stereocenters. The van der Waals surface area contributed by atoms with E-state index in [4.69, 9.17) is 0 Å². The van der Waals surface area contributed by atoms with Gasteiger partial charge in [0.25, 0.3) is 0 Å². The lowest BCUT2D eigenvalue weighted by Gasteiger charge is -2.22. The van der Waals surface area contributed by atoms with Gasteiger partial charge in [-0.15, -0.1) is 0 Å². The second kappa shape index (κ2) is 7.49. The standard InChI is InChI=1S/C14H27N3/c1-5-7-12(3)9-13(16-8-6-2)14-10-15-11-17(14)4/h10-13,16H,5-9H2,1-4H3. The Hall–Kier alpha value is -0.830. The van der Waals surface area contributed by atoms with E-state index in [0.29, 0.717) is 6.04 Å². The van der Waals surface area contributed by atoms with E-state index in [-0.39, 0.29) is 0 Å². The maximum atomic E-state index is 4.23. The van der Waals surface area contributed by atoms with Gasteiger partial charge in [0.05, 0.1) is 12.0 Å². The molecule has 2 atom stereocenters. The quantitative estimate of drug-likeness (QED) is 0.752. The fourth-order valence-electron chi connectivity index (χ4n) is 2.34. The lowest BCUT2D eigenvalue weighted by Crippen LogP contribution is -2.25. The molecule has 0 amide bonds. The lowest BCUT2D eigenvalue weighted by molar-refractivity contribution is 0.379. The summed E-state index contributed by atoms with van der Waals surface area (Å²) in [5, 5.41) is 3.64. The van der Waals surface area contributed by atoms with Crippen molar-refractivity contribution in [3.8, 4) is 0 Å². The smallest absolute Gasteiger partial charge is 0.0946 e. The van der Waals surface area contributed by atoms with Crippen molar-refractivity contribution in [1.82, 2.24) is 14.9 Å². The Morgan fingerprint density at radius 2 is 2.12 bits per heavy atom. The third-order valence-electron chi connectivity index (χ3n) is 3.27. The van der Waals surface area contributed by atoms with E-state index >= 15 is 0 Å². The molecule has 1 rings (SSSR count). The lowest BCUT2D eigenvalue weighted by atomic mass is 9.95. The van der Waals surface area contributed by atoms with Crippen LogP contribution in [0.1, 0.15) is 58.2 Å². The number of hydrogen-bond donors (Lipinski definition) is 1. The Balaban J connectivity index is 2.63. The normalized spacial score (nSPS) is 14.8. The zero-order chi connectivity index (χ0) is 12.7. The van der Waals surface area contributed by atoms with E-state index in [2.05, 4.69) is 42.7 Å². The molecule has 0 saturated heterocycles. The predicted molar refractivity (Wildman–Crippen MR) is 72.9 cm³/mol. The van der Waals surface area contributed by atoms with Crippen molar-refractivity contribution in [1.29, 1.82) is 0 Å². The fraction of sp³-hybridized carbons (Fsp3) is 0.786. The van der Waals surface area contributed by atoms with Crippen LogP contribution in [0.3, 0.4) is 0 Å². The molecule has 0 radical (unpaired) electrons. The van der Waals surface area contributed by atoms with Crippen LogP contribution >= 0.6 is 0 Å². The van der Waals surface area contributed by atoms with Crippen LogP contribution in [0.5, 0.6) is 0 Å². The number of imidazole rings is 1. The number of hydrogen-bond acceptors (Lipinski definition) is 2. The number of aromatic nitrogens is 2. The molecular weight excluding hydrogens is 210 g/mol. The van der Waals surface area contributed by atoms with Crippen LogP contribution in [0.15, 0.2) is 12.5 Å². The van der Waals surface area contributed by atoms with Crippen molar-refractivity contribution in [2.45, 2.75) is 52.5 Å². The van der Waals surface area contributed by atoms with Crippen molar-refractivity contribution < 1.29 is 0 Å². The summed E-state index contributed by atoms with van der Waals surface area (Å²) in [6.45, 7) is 7.90. The van der Waals surface area contributed by atoms with Gasteiger partial charge in [-0.2, -0.15) is 0 Å². The highest BCUT2D eigenvalue weighted by atomic mass is 15.1. The minimum atomic E-state index is 0.448. The van der Waals surface area contributed by atoms with E-state index in [1.54, 1.807) is 0 Å². The van der Waals surface area contributed by atoms with Crippen LogP contribution in [-0.2, 0) is 7.05 Å². The third kappa shape index (κ3) is 4.50. The maximum absolute atomic E-state index is 4.23. The van der Waals surface area contributed by atoms with E-state index in [9.17, 15) is 0 Å². The molecule has 3 heteroatoms. The van der Waals surface area contributed by atoms with E-state index < -0.39 is 0 Å². The number of nitrogens with one attached hydrogen (secondary N) is 1. The molecule has 17 heavy (non-hydrogen) atoms. The molecule has 3 nitrogen and oxygen atoms in total. The van der Waals surface area contributed by atoms with Gasteiger partial charge in [0.15, 0.2) is 0 Å². The molecule has 1 N–H and O–H groups in total. The van der Waals surface area contributed by atoms with Crippen LogP contribution in [-0.4, -0.2) is 16.1 Å². The summed E-state index contributed by atoms with van der Waals surface area (Å²) in [4.78, 5) is 4.23. The molecule has 98 valence electrons. The summed E-state index contributed by atoms with van der Waals surface area (Å²) < 4.78 is 2.13. The van der Waals surface area contributed by atoms with Crippen molar-refractivity contribution in [3.05, 3.63) is 18.2 Å². The molecule has 0 saturated carbocycles. The minimum Gasteiger partial charge on any atom is -0.336 e. The van der Waals surface area contributed by atoms with Crippen LogP contribution in [0.25, 0.3) is 0 Å². The monoisotopic (exact) mass is 237 g/mol. The maximum Gasteiger partial charge on any atom is 0.0946 e.